The molecule has 0 aromatic heterocycles. The van der Waals surface area contributed by atoms with E-state index in [2.05, 4.69) is 26.5 Å². The number of halogens is 1. The van der Waals surface area contributed by atoms with Crippen molar-refractivity contribution in [2.75, 3.05) is 20.3 Å². The maximum atomic E-state index is 12.7. The van der Waals surface area contributed by atoms with Gasteiger partial charge in [0, 0.05) is 10.0 Å². The number of benzene rings is 3. The summed E-state index contributed by atoms with van der Waals surface area (Å²) in [4.78, 5) is 12.7. The maximum Gasteiger partial charge on any atom is 0.275 e. The highest BCUT2D eigenvalue weighted by Crippen LogP contribution is 2.33. The lowest BCUT2D eigenvalue weighted by Crippen LogP contribution is -2.18. The molecule has 30 heavy (non-hydrogen) atoms. The molecule has 3 rings (SSSR count). The molecule has 0 radical (unpaired) electrons. The number of methoxy groups -OCH3 is 1. The van der Waals surface area contributed by atoms with E-state index in [1.165, 1.54) is 7.11 Å². The molecule has 1 amide bonds. The van der Waals surface area contributed by atoms with E-state index < -0.39 is 0 Å². The molecular weight excluding hydrogens is 448 g/mol. The van der Waals surface area contributed by atoms with E-state index in [9.17, 15) is 4.79 Å². The van der Waals surface area contributed by atoms with Crippen LogP contribution in [0.5, 0.6) is 17.2 Å². The molecule has 0 saturated heterocycles. The molecule has 0 unspecified atom stereocenters. The molecule has 7 heteroatoms. The number of rotatable bonds is 8. The molecule has 0 fully saturated rings. The van der Waals surface area contributed by atoms with Crippen LogP contribution < -0.4 is 19.6 Å². The molecule has 1 N–H and O–H groups in total. The van der Waals surface area contributed by atoms with Crippen molar-refractivity contribution in [3.63, 3.8) is 0 Å². The smallest absolute Gasteiger partial charge is 0.275 e. The highest BCUT2D eigenvalue weighted by atomic mass is 79.9. The number of nitrogens with one attached hydrogen (secondary N) is 1. The second kappa shape index (κ2) is 10.1. The van der Waals surface area contributed by atoms with Crippen LogP contribution in [0.2, 0.25) is 0 Å². The molecule has 6 nitrogen and oxygen atoms in total. The Hall–Kier alpha value is -3.06. The molecule has 3 aromatic rings. The van der Waals surface area contributed by atoms with Gasteiger partial charge in [-0.15, -0.1) is 0 Å². The monoisotopic (exact) mass is 470 g/mol. The van der Waals surface area contributed by atoms with Crippen LogP contribution >= 0.6 is 15.9 Å². The number of amides is 1. The summed E-state index contributed by atoms with van der Waals surface area (Å²) in [5, 5.41) is 6.05. The third-order valence-corrected chi connectivity index (χ3v) is 5.03. The van der Waals surface area contributed by atoms with Crippen molar-refractivity contribution in [3.05, 3.63) is 64.1 Å². The third kappa shape index (κ3) is 4.91. The number of ether oxygens (including phenoxy) is 3. The summed E-state index contributed by atoms with van der Waals surface area (Å²) in [5.74, 6) is 1.39. The van der Waals surface area contributed by atoms with Gasteiger partial charge in [0.15, 0.2) is 11.5 Å². The van der Waals surface area contributed by atoms with Crippen LogP contribution in [0.1, 0.15) is 29.8 Å². The van der Waals surface area contributed by atoms with E-state index >= 15 is 0 Å². The van der Waals surface area contributed by atoms with E-state index in [-0.39, 0.29) is 5.91 Å². The fourth-order valence-electron chi connectivity index (χ4n) is 2.97. The van der Waals surface area contributed by atoms with Crippen LogP contribution in [0, 0.1) is 0 Å². The summed E-state index contributed by atoms with van der Waals surface area (Å²) < 4.78 is 17.4. The first kappa shape index (κ1) is 21.6. The molecule has 3 aromatic carbocycles. The predicted molar refractivity (Wildman–Crippen MR) is 122 cm³/mol. The van der Waals surface area contributed by atoms with Gasteiger partial charge in [0.25, 0.3) is 5.91 Å². The lowest BCUT2D eigenvalue weighted by molar-refractivity contribution is 0.0952. The maximum absolute atomic E-state index is 12.7. The van der Waals surface area contributed by atoms with Gasteiger partial charge in [0.05, 0.1) is 32.1 Å². The number of carbonyl (C=O) groups is 1. The normalized spacial score (nSPS) is 10.9. The largest absolute Gasteiger partial charge is 0.496 e. The number of fused-ring (bicyclic) bond motifs is 1. The fourth-order valence-corrected chi connectivity index (χ4v) is 3.40. The summed E-state index contributed by atoms with van der Waals surface area (Å²) in [7, 11) is 1.54. The first-order valence-corrected chi connectivity index (χ1v) is 10.4. The Kier molecular flexibility index (Phi) is 7.30. The molecular formula is C23H23BrN2O4. The molecule has 0 aliphatic rings. The number of hydrazone groups is 1. The van der Waals surface area contributed by atoms with E-state index in [0.29, 0.717) is 36.0 Å². The van der Waals surface area contributed by atoms with Gasteiger partial charge in [0.2, 0.25) is 0 Å². The lowest BCUT2D eigenvalue weighted by Gasteiger charge is -2.12. The highest BCUT2D eigenvalue weighted by molar-refractivity contribution is 9.10. The van der Waals surface area contributed by atoms with Crippen molar-refractivity contribution in [2.45, 2.75) is 13.8 Å². The van der Waals surface area contributed by atoms with E-state index in [4.69, 9.17) is 14.2 Å². The van der Waals surface area contributed by atoms with E-state index in [1.54, 1.807) is 12.3 Å². The third-order valence-electron chi connectivity index (χ3n) is 4.34. The van der Waals surface area contributed by atoms with Crippen LogP contribution in [0.25, 0.3) is 10.8 Å². The lowest BCUT2D eigenvalue weighted by atomic mass is 10.1. The van der Waals surface area contributed by atoms with Crippen molar-refractivity contribution < 1.29 is 19.0 Å². The summed E-state index contributed by atoms with van der Waals surface area (Å²) >= 11 is 3.50. The molecule has 0 atom stereocenters. The van der Waals surface area contributed by atoms with Crippen molar-refractivity contribution in [3.8, 4) is 17.2 Å². The van der Waals surface area contributed by atoms with Crippen molar-refractivity contribution in [1.82, 2.24) is 5.43 Å². The molecule has 0 bridgehead atoms. The summed E-state index contributed by atoms with van der Waals surface area (Å²) in [5.41, 5.74) is 3.72. The quantitative estimate of drug-likeness (QED) is 0.364. The molecule has 0 saturated carbocycles. The second-order valence-electron chi connectivity index (χ2n) is 6.29. The van der Waals surface area contributed by atoms with Crippen LogP contribution in [-0.2, 0) is 0 Å². The SMILES string of the molecule is CCOc1cc(Br)c(C=NNC(=O)c2cc3ccccc3cc2OC)cc1OCC. The van der Waals surface area contributed by atoms with Gasteiger partial charge in [-0.25, -0.2) is 5.43 Å². The van der Waals surface area contributed by atoms with Gasteiger partial charge in [0.1, 0.15) is 5.75 Å². The van der Waals surface area contributed by atoms with Crippen LogP contribution in [0.4, 0.5) is 0 Å². The first-order valence-electron chi connectivity index (χ1n) is 9.56. The Balaban J connectivity index is 1.82. The van der Waals surface area contributed by atoms with Crippen LogP contribution in [-0.4, -0.2) is 32.4 Å². The van der Waals surface area contributed by atoms with E-state index in [0.717, 1.165) is 20.8 Å². The van der Waals surface area contributed by atoms with Gasteiger partial charge in [-0.05, 0) is 64.8 Å². The zero-order valence-corrected chi connectivity index (χ0v) is 18.7. The van der Waals surface area contributed by atoms with Crippen molar-refractivity contribution >= 4 is 38.8 Å². The Morgan fingerprint density at radius 1 is 1.00 bits per heavy atom. The molecule has 0 aliphatic heterocycles. The van der Waals surface area contributed by atoms with E-state index in [1.807, 2.05) is 56.3 Å². The number of nitrogens with zero attached hydrogens (tertiary/aromatic N) is 1. The van der Waals surface area contributed by atoms with Gasteiger partial charge in [-0.2, -0.15) is 5.10 Å². The Morgan fingerprint density at radius 2 is 1.63 bits per heavy atom. The van der Waals surface area contributed by atoms with Gasteiger partial charge >= 0.3 is 0 Å². The van der Waals surface area contributed by atoms with Gasteiger partial charge < -0.3 is 14.2 Å². The average molecular weight is 471 g/mol. The first-order chi connectivity index (χ1) is 14.6. The van der Waals surface area contributed by atoms with Crippen LogP contribution in [0.3, 0.4) is 0 Å². The summed E-state index contributed by atoms with van der Waals surface area (Å²) in [6.07, 6.45) is 1.55. The summed E-state index contributed by atoms with van der Waals surface area (Å²) in [6, 6.07) is 15.0. The molecule has 0 aliphatic carbocycles. The Morgan fingerprint density at radius 3 is 2.27 bits per heavy atom. The predicted octanol–water partition coefficient (Wildman–Crippen LogP) is 5.17. The Labute approximate surface area is 184 Å². The molecule has 0 heterocycles. The minimum atomic E-state index is -0.360. The minimum Gasteiger partial charge on any atom is -0.496 e. The Bertz CT molecular complexity index is 1080. The number of hydrogen-bond acceptors (Lipinski definition) is 5. The van der Waals surface area contributed by atoms with Crippen LogP contribution in [0.15, 0.2) is 58.1 Å². The zero-order chi connectivity index (χ0) is 21.5. The number of carbonyl (C=O) groups excluding carboxylic acids is 1. The average Bonchev–Trinajstić information content (AvgIpc) is 2.75. The highest BCUT2D eigenvalue weighted by Gasteiger charge is 2.14. The summed E-state index contributed by atoms with van der Waals surface area (Å²) in [6.45, 7) is 4.86. The zero-order valence-electron chi connectivity index (χ0n) is 17.1. The number of hydrogen-bond donors (Lipinski definition) is 1. The van der Waals surface area contributed by atoms with Crippen molar-refractivity contribution in [1.29, 1.82) is 0 Å². The topological polar surface area (TPSA) is 69.2 Å². The fraction of sp³-hybridized carbons (Fsp3) is 0.217. The minimum absolute atomic E-state index is 0.360. The van der Waals surface area contributed by atoms with Gasteiger partial charge in [-0.3, -0.25) is 4.79 Å². The molecule has 0 spiro atoms. The molecule has 156 valence electrons. The van der Waals surface area contributed by atoms with Gasteiger partial charge in [-0.1, -0.05) is 24.3 Å². The second-order valence-corrected chi connectivity index (χ2v) is 7.14. The van der Waals surface area contributed by atoms with Crippen molar-refractivity contribution in [2.24, 2.45) is 5.10 Å². The standard InChI is InChI=1S/C23H23BrN2O4/c1-4-29-21-12-17(19(24)13-22(21)30-5-2)14-25-26-23(27)18-10-15-8-6-7-9-16(15)11-20(18)28-3/h6-14H,4-5H2,1-3H3,(H,26,27).